The van der Waals surface area contributed by atoms with Crippen molar-refractivity contribution in [3.8, 4) is 5.75 Å². The summed E-state index contributed by atoms with van der Waals surface area (Å²) >= 11 is 0. The molecular formula is C22H28N4O3. The first-order valence-corrected chi connectivity index (χ1v) is 9.85. The number of hydrogen-bond donors (Lipinski definition) is 1. The number of anilines is 1. The largest absolute Gasteiger partial charge is 0.497 e. The number of hydrogen-bond acceptors (Lipinski definition) is 7. The maximum absolute atomic E-state index is 11.3. The Balaban J connectivity index is 2.07. The summed E-state index contributed by atoms with van der Waals surface area (Å²) in [5.74, 6) is 1.72. The summed E-state index contributed by atoms with van der Waals surface area (Å²) in [5, 5.41) is 3.31. The zero-order valence-electron chi connectivity index (χ0n) is 17.4. The Morgan fingerprint density at radius 1 is 1.45 bits per heavy atom. The fourth-order valence-electron chi connectivity index (χ4n) is 3.64. The molecule has 1 atom stereocenters. The minimum absolute atomic E-state index is 0.231. The molecule has 0 aliphatic carbocycles. The highest BCUT2D eigenvalue weighted by Crippen LogP contribution is 2.31. The number of nitrogens with one attached hydrogen (secondary N) is 1. The van der Waals surface area contributed by atoms with Gasteiger partial charge in [-0.3, -0.25) is 4.79 Å². The lowest BCUT2D eigenvalue weighted by atomic mass is 10.0. The van der Waals surface area contributed by atoms with E-state index in [1.807, 2.05) is 38.2 Å². The highest BCUT2D eigenvalue weighted by molar-refractivity contribution is 6.03. The van der Waals surface area contributed by atoms with Crippen molar-refractivity contribution in [1.82, 2.24) is 10.3 Å². The Labute approximate surface area is 171 Å². The summed E-state index contributed by atoms with van der Waals surface area (Å²) in [5.41, 5.74) is 3.57. The second kappa shape index (κ2) is 9.52. The first-order valence-electron chi connectivity index (χ1n) is 9.85. The van der Waals surface area contributed by atoms with Crippen molar-refractivity contribution in [2.24, 2.45) is 4.99 Å². The maximum Gasteiger partial charge on any atom is 0.299 e. The van der Waals surface area contributed by atoms with Crippen LogP contribution in [-0.4, -0.2) is 50.6 Å². The molecule has 1 saturated heterocycles. The number of methoxy groups -OCH3 is 1. The van der Waals surface area contributed by atoms with E-state index in [0.717, 1.165) is 48.6 Å². The smallest absolute Gasteiger partial charge is 0.299 e. The quantitative estimate of drug-likeness (QED) is 0.440. The molecule has 0 bridgehead atoms. The van der Waals surface area contributed by atoms with Gasteiger partial charge in [-0.05, 0) is 56.1 Å². The van der Waals surface area contributed by atoms with Crippen LogP contribution in [0.3, 0.4) is 0 Å². The third kappa shape index (κ3) is 4.56. The number of rotatable bonds is 7. The van der Waals surface area contributed by atoms with Gasteiger partial charge in [-0.15, -0.1) is 0 Å². The summed E-state index contributed by atoms with van der Waals surface area (Å²) in [6, 6.07) is 7.97. The Bertz CT molecular complexity index is 898. The maximum atomic E-state index is 11.3. The first kappa shape index (κ1) is 20.8. The number of carbonyl (C=O) groups excluding carboxylic acids is 1. The summed E-state index contributed by atoms with van der Waals surface area (Å²) in [7, 11) is 3.60. The van der Waals surface area contributed by atoms with Crippen molar-refractivity contribution >= 4 is 23.9 Å². The number of aliphatic imine (C=N–C) groups is 1. The van der Waals surface area contributed by atoms with E-state index in [4.69, 9.17) is 14.5 Å². The van der Waals surface area contributed by atoms with Gasteiger partial charge in [0.2, 0.25) is 5.90 Å². The molecule has 0 radical (unpaired) electrons. The molecule has 1 aromatic heterocycles. The predicted molar refractivity (Wildman–Crippen MR) is 114 cm³/mol. The Hall–Kier alpha value is -2.93. The minimum atomic E-state index is 0.231. The van der Waals surface area contributed by atoms with E-state index >= 15 is 0 Å². The van der Waals surface area contributed by atoms with Crippen molar-refractivity contribution in [2.45, 2.75) is 32.7 Å². The van der Waals surface area contributed by atoms with Gasteiger partial charge in [-0.2, -0.15) is 0 Å². The molecule has 1 N–H and O–H groups in total. The lowest BCUT2D eigenvalue weighted by molar-refractivity contribution is -0.121. The standard InChI is InChI=1S/C22H28N4O3/c1-5-16-11-18(28-4)12-20(15(16)2)25-22(29-14-27)19-7-6-9-24-21(19)26-10-8-17(13-26)23-3/h6-7,9,11-12,14,17,23H,5,8,10,13H2,1-4H3/t17-/m0/s1. The van der Waals surface area contributed by atoms with Crippen LogP contribution in [0, 0.1) is 6.92 Å². The van der Waals surface area contributed by atoms with Crippen LogP contribution in [0.1, 0.15) is 30.0 Å². The molecule has 1 fully saturated rings. The Kier molecular flexibility index (Phi) is 6.82. The first-order chi connectivity index (χ1) is 14.1. The van der Waals surface area contributed by atoms with E-state index in [1.54, 1.807) is 13.3 Å². The van der Waals surface area contributed by atoms with Gasteiger partial charge < -0.3 is 19.7 Å². The average Bonchev–Trinajstić information content (AvgIpc) is 3.24. The topological polar surface area (TPSA) is 76.0 Å². The van der Waals surface area contributed by atoms with Gasteiger partial charge in [0.25, 0.3) is 6.47 Å². The fraction of sp³-hybridized carbons (Fsp3) is 0.409. The number of benzene rings is 1. The lowest BCUT2D eigenvalue weighted by Crippen LogP contribution is -2.30. The summed E-state index contributed by atoms with van der Waals surface area (Å²) in [6.07, 6.45) is 3.63. The molecular weight excluding hydrogens is 368 g/mol. The molecule has 0 saturated carbocycles. The third-order valence-electron chi connectivity index (χ3n) is 5.37. The molecule has 2 heterocycles. The van der Waals surface area contributed by atoms with Gasteiger partial charge >= 0.3 is 0 Å². The van der Waals surface area contributed by atoms with Crippen LogP contribution in [0.25, 0.3) is 0 Å². The molecule has 1 aromatic carbocycles. The minimum Gasteiger partial charge on any atom is -0.497 e. The number of carbonyl (C=O) groups is 1. The monoisotopic (exact) mass is 396 g/mol. The molecule has 0 amide bonds. The van der Waals surface area contributed by atoms with Crippen LogP contribution in [0.5, 0.6) is 5.75 Å². The second-order valence-electron chi connectivity index (χ2n) is 7.01. The molecule has 3 rings (SSSR count). The van der Waals surface area contributed by atoms with E-state index in [9.17, 15) is 4.79 Å². The molecule has 154 valence electrons. The number of aryl methyl sites for hydroxylation is 1. The number of aromatic nitrogens is 1. The molecule has 7 heteroatoms. The highest BCUT2D eigenvalue weighted by Gasteiger charge is 2.26. The van der Waals surface area contributed by atoms with Gasteiger partial charge in [0.15, 0.2) is 0 Å². The number of likely N-dealkylation sites (N-methyl/N-ethyl adjacent to an activating group) is 1. The van der Waals surface area contributed by atoms with Crippen molar-refractivity contribution in [2.75, 3.05) is 32.1 Å². The molecule has 7 nitrogen and oxygen atoms in total. The number of pyridine rings is 1. The van der Waals surface area contributed by atoms with Gasteiger partial charge in [-0.25, -0.2) is 9.98 Å². The normalized spacial score (nSPS) is 16.8. The molecule has 2 aromatic rings. The molecule has 0 spiro atoms. The number of nitrogens with zero attached hydrogens (tertiary/aromatic N) is 3. The van der Waals surface area contributed by atoms with E-state index in [1.165, 1.54) is 0 Å². The van der Waals surface area contributed by atoms with Gasteiger partial charge in [0.05, 0.1) is 18.4 Å². The van der Waals surface area contributed by atoms with E-state index in [2.05, 4.69) is 22.1 Å². The van der Waals surface area contributed by atoms with E-state index < -0.39 is 0 Å². The van der Waals surface area contributed by atoms with Crippen molar-refractivity contribution in [3.63, 3.8) is 0 Å². The van der Waals surface area contributed by atoms with Crippen molar-refractivity contribution < 1.29 is 14.3 Å². The van der Waals surface area contributed by atoms with Crippen LogP contribution in [0.2, 0.25) is 0 Å². The van der Waals surface area contributed by atoms with Gasteiger partial charge in [-0.1, -0.05) is 6.92 Å². The fourth-order valence-corrected chi connectivity index (χ4v) is 3.64. The van der Waals surface area contributed by atoms with Crippen LogP contribution in [0.15, 0.2) is 35.5 Å². The molecule has 1 aliphatic heterocycles. The lowest BCUT2D eigenvalue weighted by Gasteiger charge is -2.20. The van der Waals surface area contributed by atoms with E-state index in [-0.39, 0.29) is 5.90 Å². The van der Waals surface area contributed by atoms with Gasteiger partial charge in [0.1, 0.15) is 11.6 Å². The summed E-state index contributed by atoms with van der Waals surface area (Å²) in [4.78, 5) is 22.7. The second-order valence-corrected chi connectivity index (χ2v) is 7.01. The summed E-state index contributed by atoms with van der Waals surface area (Å²) in [6.45, 7) is 6.22. The molecule has 1 aliphatic rings. The zero-order valence-corrected chi connectivity index (χ0v) is 17.4. The SMILES string of the molecule is CCc1cc(OC)cc(N=C(OC=O)c2cccnc2N2CC[C@H](NC)C2)c1C. The van der Waals surface area contributed by atoms with Crippen LogP contribution in [-0.2, 0) is 16.0 Å². The third-order valence-corrected chi connectivity index (χ3v) is 5.37. The van der Waals surface area contributed by atoms with Crippen molar-refractivity contribution in [3.05, 3.63) is 47.2 Å². The zero-order chi connectivity index (χ0) is 20.8. The molecule has 29 heavy (non-hydrogen) atoms. The number of ether oxygens (including phenoxy) is 2. The van der Waals surface area contributed by atoms with Gasteiger partial charge in [0, 0.05) is 31.4 Å². The van der Waals surface area contributed by atoms with Crippen molar-refractivity contribution in [1.29, 1.82) is 0 Å². The summed E-state index contributed by atoms with van der Waals surface area (Å²) < 4.78 is 10.8. The van der Waals surface area contributed by atoms with Crippen LogP contribution >= 0.6 is 0 Å². The molecule has 0 unspecified atom stereocenters. The van der Waals surface area contributed by atoms with Crippen LogP contribution in [0.4, 0.5) is 11.5 Å². The average molecular weight is 396 g/mol. The highest BCUT2D eigenvalue weighted by atomic mass is 16.5. The predicted octanol–water partition coefficient (Wildman–Crippen LogP) is 3.01. The Morgan fingerprint density at radius 3 is 2.93 bits per heavy atom. The van der Waals surface area contributed by atoms with Crippen LogP contribution < -0.4 is 15.0 Å². The Morgan fingerprint density at radius 2 is 2.28 bits per heavy atom. The van der Waals surface area contributed by atoms with E-state index in [0.29, 0.717) is 23.8 Å².